The van der Waals surface area contributed by atoms with Crippen molar-refractivity contribution in [1.82, 2.24) is 10.4 Å². The Hall–Kier alpha value is -2.38. The van der Waals surface area contributed by atoms with Crippen molar-refractivity contribution in [3.63, 3.8) is 0 Å². The molecule has 23 heavy (non-hydrogen) atoms. The third-order valence-corrected chi connectivity index (χ3v) is 3.52. The van der Waals surface area contributed by atoms with Crippen molar-refractivity contribution in [2.75, 3.05) is 7.11 Å². The minimum Gasteiger partial charge on any atom is -0.493 e. The molecule has 0 aliphatic rings. The summed E-state index contributed by atoms with van der Waals surface area (Å²) in [7, 11) is 1.55. The van der Waals surface area contributed by atoms with Crippen LogP contribution in [0.5, 0.6) is 11.5 Å². The van der Waals surface area contributed by atoms with E-state index in [0.717, 1.165) is 11.1 Å². The first-order valence-corrected chi connectivity index (χ1v) is 7.51. The van der Waals surface area contributed by atoms with Crippen LogP contribution in [0.3, 0.4) is 0 Å². The van der Waals surface area contributed by atoms with Crippen LogP contribution in [0.2, 0.25) is 0 Å². The zero-order valence-electron chi connectivity index (χ0n) is 12.5. The van der Waals surface area contributed by atoms with E-state index in [4.69, 9.17) is 15.3 Å². The smallest absolute Gasteiger partial charge is 0.257 e. The quantitative estimate of drug-likeness (QED) is 0.349. The Morgan fingerprint density at radius 2 is 2.30 bits per heavy atom. The van der Waals surface area contributed by atoms with E-state index in [9.17, 15) is 4.79 Å². The van der Waals surface area contributed by atoms with Gasteiger partial charge in [0.05, 0.1) is 11.6 Å². The first kappa shape index (κ1) is 17.0. The number of hydrogen-bond acceptors (Lipinski definition) is 5. The lowest BCUT2D eigenvalue weighted by Gasteiger charge is -2.13. The number of rotatable bonds is 6. The highest BCUT2D eigenvalue weighted by Crippen LogP contribution is 2.37. The van der Waals surface area contributed by atoms with Crippen LogP contribution in [0.15, 0.2) is 47.2 Å². The van der Waals surface area contributed by atoms with E-state index >= 15 is 0 Å². The summed E-state index contributed by atoms with van der Waals surface area (Å²) in [5, 5.41) is 0. The Bertz CT molecular complexity index is 705. The number of nitrogens with zero attached hydrogens (tertiary/aromatic N) is 1. The minimum atomic E-state index is -0.392. The van der Waals surface area contributed by atoms with Gasteiger partial charge in [0.25, 0.3) is 5.91 Å². The lowest BCUT2D eigenvalue weighted by Crippen LogP contribution is -2.27. The molecule has 0 unspecified atom stereocenters. The molecule has 120 valence electrons. The Morgan fingerprint density at radius 3 is 2.96 bits per heavy atom. The number of carbonyl (C=O) groups is 1. The van der Waals surface area contributed by atoms with E-state index < -0.39 is 5.91 Å². The van der Waals surface area contributed by atoms with Gasteiger partial charge in [0.2, 0.25) is 0 Å². The fourth-order valence-corrected chi connectivity index (χ4v) is 2.41. The summed E-state index contributed by atoms with van der Waals surface area (Å²) in [6, 6.07) is 7.36. The number of aromatic nitrogens is 1. The van der Waals surface area contributed by atoms with Crippen molar-refractivity contribution in [1.29, 1.82) is 0 Å². The summed E-state index contributed by atoms with van der Waals surface area (Å²) in [6.07, 6.45) is 6.40. The van der Waals surface area contributed by atoms with Gasteiger partial charge in [-0.25, -0.2) is 5.84 Å². The van der Waals surface area contributed by atoms with Crippen LogP contribution in [-0.2, 0) is 11.4 Å². The van der Waals surface area contributed by atoms with Crippen LogP contribution in [0.25, 0.3) is 6.08 Å². The highest BCUT2D eigenvalue weighted by Gasteiger charge is 2.11. The van der Waals surface area contributed by atoms with Crippen molar-refractivity contribution in [2.45, 2.75) is 6.61 Å². The van der Waals surface area contributed by atoms with Gasteiger partial charge in [-0.05, 0) is 45.8 Å². The normalized spacial score (nSPS) is 10.6. The van der Waals surface area contributed by atoms with Crippen LogP contribution in [0.4, 0.5) is 0 Å². The summed E-state index contributed by atoms with van der Waals surface area (Å²) >= 11 is 3.46. The summed E-state index contributed by atoms with van der Waals surface area (Å²) in [5.41, 5.74) is 3.75. The van der Waals surface area contributed by atoms with E-state index in [-0.39, 0.29) is 0 Å². The second kappa shape index (κ2) is 8.30. The molecule has 0 radical (unpaired) electrons. The van der Waals surface area contributed by atoms with Gasteiger partial charge in [0.15, 0.2) is 11.5 Å². The maximum Gasteiger partial charge on any atom is 0.257 e. The monoisotopic (exact) mass is 377 g/mol. The minimum absolute atomic E-state index is 0.369. The Balaban J connectivity index is 2.19. The van der Waals surface area contributed by atoms with Crippen LogP contribution in [-0.4, -0.2) is 18.0 Å². The van der Waals surface area contributed by atoms with Crippen LogP contribution in [0.1, 0.15) is 11.1 Å². The largest absolute Gasteiger partial charge is 0.493 e. The van der Waals surface area contributed by atoms with Gasteiger partial charge in [0.1, 0.15) is 6.61 Å². The molecular formula is C16H16BrN3O3. The fraction of sp³-hybridized carbons (Fsp3) is 0.125. The van der Waals surface area contributed by atoms with E-state index in [1.165, 1.54) is 6.08 Å². The van der Waals surface area contributed by atoms with Gasteiger partial charge in [-0.15, -0.1) is 0 Å². The fourth-order valence-electron chi connectivity index (χ4n) is 1.84. The molecule has 6 nitrogen and oxygen atoms in total. The average Bonchev–Trinajstić information content (AvgIpc) is 2.59. The van der Waals surface area contributed by atoms with Crippen molar-refractivity contribution in [3.8, 4) is 11.5 Å². The number of ether oxygens (including phenoxy) is 2. The molecule has 1 aromatic heterocycles. The van der Waals surface area contributed by atoms with Crippen molar-refractivity contribution in [3.05, 3.63) is 58.3 Å². The first-order valence-electron chi connectivity index (χ1n) is 6.72. The zero-order valence-corrected chi connectivity index (χ0v) is 14.0. The number of nitrogens with two attached hydrogens (primary N) is 1. The van der Waals surface area contributed by atoms with Crippen LogP contribution < -0.4 is 20.7 Å². The molecule has 7 heteroatoms. The van der Waals surface area contributed by atoms with Crippen LogP contribution >= 0.6 is 15.9 Å². The molecule has 1 heterocycles. The van der Waals surface area contributed by atoms with Gasteiger partial charge >= 0.3 is 0 Å². The molecule has 0 aliphatic carbocycles. The molecule has 3 N–H and O–H groups in total. The third kappa shape index (κ3) is 4.80. The molecule has 0 atom stereocenters. The van der Waals surface area contributed by atoms with Gasteiger partial charge in [-0.1, -0.05) is 6.07 Å². The number of halogens is 1. The van der Waals surface area contributed by atoms with E-state index in [2.05, 4.69) is 20.9 Å². The van der Waals surface area contributed by atoms with E-state index in [1.807, 2.05) is 23.6 Å². The number of carbonyl (C=O) groups excluding carboxylic acids is 1. The number of nitrogens with one attached hydrogen (secondary N) is 1. The number of pyridine rings is 1. The highest BCUT2D eigenvalue weighted by molar-refractivity contribution is 9.10. The van der Waals surface area contributed by atoms with Crippen molar-refractivity contribution in [2.24, 2.45) is 5.84 Å². The number of hydrazine groups is 1. The standard InChI is InChI=1S/C16H16BrN3O3/c1-22-14-8-11(4-5-15(21)20-18)7-13(17)16(14)23-10-12-3-2-6-19-9-12/h2-9H,10,18H2,1H3,(H,20,21)/b5-4+. The molecule has 2 aromatic rings. The lowest BCUT2D eigenvalue weighted by molar-refractivity contribution is -0.116. The average molecular weight is 378 g/mol. The van der Waals surface area contributed by atoms with Crippen LogP contribution in [0, 0.1) is 0 Å². The Labute approximate surface area is 142 Å². The Kier molecular flexibility index (Phi) is 6.13. The molecule has 0 saturated heterocycles. The number of hydrogen-bond donors (Lipinski definition) is 2. The first-order chi connectivity index (χ1) is 11.1. The molecule has 2 rings (SSSR count). The summed E-state index contributed by atoms with van der Waals surface area (Å²) in [6.45, 7) is 0.369. The summed E-state index contributed by atoms with van der Waals surface area (Å²) in [4.78, 5) is 15.2. The topological polar surface area (TPSA) is 86.5 Å². The van der Waals surface area contributed by atoms with Gasteiger partial charge in [-0.2, -0.15) is 0 Å². The number of benzene rings is 1. The molecule has 0 bridgehead atoms. The molecule has 0 aliphatic heterocycles. The van der Waals surface area contributed by atoms with Gasteiger partial charge in [-0.3, -0.25) is 15.2 Å². The summed E-state index contributed by atoms with van der Waals surface area (Å²) < 4.78 is 11.9. The molecule has 1 aromatic carbocycles. The van der Waals surface area contributed by atoms with Crippen molar-refractivity contribution < 1.29 is 14.3 Å². The predicted molar refractivity (Wildman–Crippen MR) is 90.6 cm³/mol. The van der Waals surface area contributed by atoms with Gasteiger partial charge < -0.3 is 9.47 Å². The van der Waals surface area contributed by atoms with Crippen molar-refractivity contribution >= 4 is 27.9 Å². The SMILES string of the molecule is COc1cc(/C=C/C(=O)NN)cc(Br)c1OCc1cccnc1. The van der Waals surface area contributed by atoms with E-state index in [0.29, 0.717) is 22.6 Å². The molecule has 1 amide bonds. The van der Waals surface area contributed by atoms with Gasteiger partial charge in [0, 0.05) is 24.0 Å². The lowest BCUT2D eigenvalue weighted by atomic mass is 10.2. The number of amides is 1. The summed E-state index contributed by atoms with van der Waals surface area (Å²) in [5.74, 6) is 5.77. The Morgan fingerprint density at radius 1 is 1.48 bits per heavy atom. The second-order valence-electron chi connectivity index (χ2n) is 4.53. The van der Waals surface area contributed by atoms with E-state index in [1.54, 1.807) is 31.6 Å². The highest BCUT2D eigenvalue weighted by atomic mass is 79.9. The second-order valence-corrected chi connectivity index (χ2v) is 5.38. The zero-order chi connectivity index (χ0) is 16.7. The number of methoxy groups -OCH3 is 1. The maximum atomic E-state index is 11.2. The molecule has 0 saturated carbocycles. The third-order valence-electron chi connectivity index (χ3n) is 2.93. The predicted octanol–water partition coefficient (Wildman–Crippen LogP) is 2.43. The maximum absolute atomic E-state index is 11.2. The molecular weight excluding hydrogens is 362 g/mol. The molecule has 0 fully saturated rings. The molecule has 0 spiro atoms.